The molecule has 3 atom stereocenters. The molecule has 2 rings (SSSR count). The molecule has 12 heavy (non-hydrogen) atoms. The van der Waals surface area contributed by atoms with Crippen molar-refractivity contribution in [3.05, 3.63) is 11.6 Å². The van der Waals surface area contributed by atoms with E-state index in [1.165, 1.54) is 6.42 Å². The molecule has 2 aliphatic rings. The highest BCUT2D eigenvalue weighted by atomic mass is 16.5. The minimum atomic E-state index is 0.219. The molecule has 2 aliphatic carbocycles. The molecule has 2 bridgehead atoms. The van der Waals surface area contributed by atoms with Crippen molar-refractivity contribution < 1.29 is 9.53 Å². The van der Waals surface area contributed by atoms with Crippen LogP contribution in [0.5, 0.6) is 0 Å². The summed E-state index contributed by atoms with van der Waals surface area (Å²) in [5.74, 6) is 1.33. The molecule has 2 fully saturated rings. The number of ether oxygens (including phenoxy) is 1. The highest BCUT2D eigenvalue weighted by Gasteiger charge is 2.43. The van der Waals surface area contributed by atoms with E-state index in [1.807, 2.05) is 0 Å². The number of carbonyl (C=O) groups excluding carboxylic acids is 1. The van der Waals surface area contributed by atoms with Gasteiger partial charge in [-0.3, -0.25) is 4.79 Å². The lowest BCUT2D eigenvalue weighted by atomic mass is 9.92. The van der Waals surface area contributed by atoms with Gasteiger partial charge in [-0.2, -0.15) is 0 Å². The summed E-state index contributed by atoms with van der Waals surface area (Å²) < 4.78 is 5.02. The molecule has 66 valence electrons. The lowest BCUT2D eigenvalue weighted by Crippen LogP contribution is -2.20. The Hall–Kier alpha value is -0.790. The Kier molecular flexibility index (Phi) is 1.91. The quantitative estimate of drug-likeness (QED) is 0.462. The van der Waals surface area contributed by atoms with Crippen LogP contribution >= 0.6 is 0 Å². The van der Waals surface area contributed by atoms with Crippen molar-refractivity contribution in [3.8, 4) is 0 Å². The molecule has 0 aromatic carbocycles. The first-order chi connectivity index (χ1) is 5.85. The maximum Gasteiger partial charge on any atom is 0.293 e. The smallest absolute Gasteiger partial charge is 0.293 e. The lowest BCUT2D eigenvalue weighted by molar-refractivity contribution is -0.135. The van der Waals surface area contributed by atoms with E-state index < -0.39 is 0 Å². The first kappa shape index (κ1) is 7.84. The average molecular weight is 166 g/mol. The maximum atomic E-state index is 10.2. The third-order valence-corrected chi connectivity index (χ3v) is 3.25. The second-order valence-electron chi connectivity index (χ2n) is 3.77. The van der Waals surface area contributed by atoms with E-state index in [9.17, 15) is 4.79 Å². The maximum absolute atomic E-state index is 10.2. The zero-order chi connectivity index (χ0) is 8.55. The van der Waals surface area contributed by atoms with Crippen LogP contribution in [0.4, 0.5) is 0 Å². The Bertz CT molecular complexity index is 220. The van der Waals surface area contributed by atoms with E-state index in [-0.39, 0.29) is 6.10 Å². The van der Waals surface area contributed by atoms with Crippen molar-refractivity contribution in [3.63, 3.8) is 0 Å². The molecule has 0 heterocycles. The first-order valence-electron chi connectivity index (χ1n) is 4.59. The van der Waals surface area contributed by atoms with Gasteiger partial charge in [0.15, 0.2) is 0 Å². The highest BCUT2D eigenvalue weighted by Crippen LogP contribution is 2.48. The fourth-order valence-corrected chi connectivity index (χ4v) is 2.66. The van der Waals surface area contributed by atoms with Crippen LogP contribution in [0.15, 0.2) is 11.6 Å². The van der Waals surface area contributed by atoms with E-state index >= 15 is 0 Å². The topological polar surface area (TPSA) is 26.3 Å². The summed E-state index contributed by atoms with van der Waals surface area (Å²) in [6.45, 7) is 2.70. The molecular formula is C10H14O2. The third kappa shape index (κ3) is 1.06. The van der Waals surface area contributed by atoms with Gasteiger partial charge in [0.05, 0.1) is 0 Å². The minimum Gasteiger partial charge on any atom is -0.464 e. The summed E-state index contributed by atoms with van der Waals surface area (Å²) in [6.07, 6.45) is 5.89. The van der Waals surface area contributed by atoms with Crippen LogP contribution in [0.1, 0.15) is 26.2 Å². The number of allylic oxidation sites excluding steroid dienone is 2. The summed E-state index contributed by atoms with van der Waals surface area (Å²) in [6, 6.07) is 0. The minimum absolute atomic E-state index is 0.219. The Morgan fingerprint density at radius 1 is 1.50 bits per heavy atom. The molecule has 0 aliphatic heterocycles. The van der Waals surface area contributed by atoms with E-state index in [4.69, 9.17) is 4.74 Å². The summed E-state index contributed by atoms with van der Waals surface area (Å²) in [4.78, 5) is 10.2. The van der Waals surface area contributed by atoms with Crippen LogP contribution in [-0.2, 0) is 9.53 Å². The van der Waals surface area contributed by atoms with Crippen molar-refractivity contribution in [2.75, 3.05) is 0 Å². The Morgan fingerprint density at radius 3 is 2.83 bits per heavy atom. The van der Waals surface area contributed by atoms with E-state index in [0.717, 1.165) is 12.8 Å². The van der Waals surface area contributed by atoms with Gasteiger partial charge < -0.3 is 4.74 Å². The first-order valence-corrected chi connectivity index (χ1v) is 4.59. The summed E-state index contributed by atoms with van der Waals surface area (Å²) in [7, 11) is 0. The average Bonchev–Trinajstić information content (AvgIpc) is 2.62. The summed E-state index contributed by atoms with van der Waals surface area (Å²) >= 11 is 0. The molecule has 0 radical (unpaired) electrons. The largest absolute Gasteiger partial charge is 0.464 e. The van der Waals surface area contributed by atoms with E-state index in [2.05, 4.69) is 13.0 Å². The highest BCUT2D eigenvalue weighted by molar-refractivity contribution is 5.38. The number of hydrogen-bond donors (Lipinski definition) is 0. The van der Waals surface area contributed by atoms with Crippen molar-refractivity contribution in [2.45, 2.75) is 32.3 Å². The number of rotatable bonds is 2. The Morgan fingerprint density at radius 2 is 2.33 bits per heavy atom. The van der Waals surface area contributed by atoms with E-state index in [1.54, 1.807) is 5.57 Å². The van der Waals surface area contributed by atoms with Crippen LogP contribution in [0.3, 0.4) is 0 Å². The SMILES string of the molecule is C/C=C1\C[C@H]2C[C@@H]1C[C@@H]2OC=O. The molecule has 0 unspecified atom stereocenters. The zero-order valence-electron chi connectivity index (χ0n) is 7.32. The van der Waals surface area contributed by atoms with Crippen LogP contribution < -0.4 is 0 Å². The van der Waals surface area contributed by atoms with Crippen molar-refractivity contribution in [2.24, 2.45) is 11.8 Å². The molecule has 0 aromatic heterocycles. The predicted molar refractivity (Wildman–Crippen MR) is 45.5 cm³/mol. The van der Waals surface area contributed by atoms with Crippen LogP contribution in [0.2, 0.25) is 0 Å². The molecule has 2 saturated carbocycles. The summed E-state index contributed by atoms with van der Waals surface area (Å²) in [5.41, 5.74) is 1.57. The van der Waals surface area contributed by atoms with Crippen molar-refractivity contribution in [1.82, 2.24) is 0 Å². The molecular weight excluding hydrogens is 152 g/mol. The van der Waals surface area contributed by atoms with Gasteiger partial charge in [-0.15, -0.1) is 0 Å². The fraction of sp³-hybridized carbons (Fsp3) is 0.700. The molecule has 2 nitrogen and oxygen atoms in total. The molecule has 0 aromatic rings. The molecule has 0 spiro atoms. The monoisotopic (exact) mass is 166 g/mol. The predicted octanol–water partition coefficient (Wildman–Crippen LogP) is 1.90. The normalized spacial score (nSPS) is 42.1. The van der Waals surface area contributed by atoms with E-state index in [0.29, 0.717) is 18.3 Å². The van der Waals surface area contributed by atoms with Crippen molar-refractivity contribution in [1.29, 1.82) is 0 Å². The van der Waals surface area contributed by atoms with Gasteiger partial charge in [-0.05, 0) is 32.1 Å². The molecule has 0 N–H and O–H groups in total. The standard InChI is InChI=1S/C10H14O2/c1-2-7-3-9-4-8(7)5-10(9)12-6-11/h2,6,8-10H,3-5H2,1H3/b7-2+/t8-,9+,10+/m1/s1. The lowest BCUT2D eigenvalue weighted by Gasteiger charge is -2.21. The molecule has 0 saturated heterocycles. The van der Waals surface area contributed by atoms with Gasteiger partial charge in [0.2, 0.25) is 0 Å². The fourth-order valence-electron chi connectivity index (χ4n) is 2.66. The molecule has 2 heteroatoms. The van der Waals surface area contributed by atoms with Crippen LogP contribution in [-0.4, -0.2) is 12.6 Å². The third-order valence-electron chi connectivity index (χ3n) is 3.25. The second-order valence-corrected chi connectivity index (χ2v) is 3.77. The number of carbonyl (C=O) groups is 1. The van der Waals surface area contributed by atoms with Gasteiger partial charge in [0.25, 0.3) is 6.47 Å². The van der Waals surface area contributed by atoms with Gasteiger partial charge in [0, 0.05) is 5.92 Å². The van der Waals surface area contributed by atoms with Crippen LogP contribution in [0.25, 0.3) is 0 Å². The Balaban J connectivity index is 2.02. The Labute approximate surface area is 72.6 Å². The summed E-state index contributed by atoms with van der Waals surface area (Å²) in [5, 5.41) is 0. The van der Waals surface area contributed by atoms with Crippen LogP contribution in [0, 0.1) is 11.8 Å². The number of hydrogen-bond acceptors (Lipinski definition) is 2. The molecule has 0 amide bonds. The van der Waals surface area contributed by atoms with Gasteiger partial charge in [-0.1, -0.05) is 11.6 Å². The van der Waals surface area contributed by atoms with Crippen molar-refractivity contribution >= 4 is 6.47 Å². The van der Waals surface area contributed by atoms with Gasteiger partial charge in [0.1, 0.15) is 6.10 Å². The van der Waals surface area contributed by atoms with Gasteiger partial charge in [-0.25, -0.2) is 0 Å². The zero-order valence-corrected chi connectivity index (χ0v) is 7.32. The number of fused-ring (bicyclic) bond motifs is 2. The van der Waals surface area contributed by atoms with Gasteiger partial charge >= 0.3 is 0 Å². The second kappa shape index (κ2) is 2.92.